The van der Waals surface area contributed by atoms with Crippen molar-refractivity contribution in [2.45, 2.75) is 6.42 Å². The first-order chi connectivity index (χ1) is 4.18. The van der Waals surface area contributed by atoms with Crippen molar-refractivity contribution in [3.63, 3.8) is 0 Å². The fourth-order valence-corrected chi connectivity index (χ4v) is 0.482. The van der Waals surface area contributed by atoms with Crippen LogP contribution in [-0.2, 0) is 32.0 Å². The van der Waals surface area contributed by atoms with Crippen molar-refractivity contribution in [3.05, 3.63) is 0 Å². The SMILES string of the molecule is O=C1CC(=O)NC([O-])=N1.[Ag+]. The Morgan fingerprint density at radius 2 is 2.10 bits per heavy atom. The minimum Gasteiger partial charge on any atom is -0.846 e. The number of nitrogens with zero attached hydrogens (tertiary/aromatic N) is 1. The molecule has 0 bridgehead atoms. The van der Waals surface area contributed by atoms with Crippen molar-refractivity contribution in [3.8, 4) is 0 Å². The van der Waals surface area contributed by atoms with Crippen LogP contribution in [0.3, 0.4) is 0 Å². The summed E-state index contributed by atoms with van der Waals surface area (Å²) in [5, 5.41) is 12.0. The average Bonchev–Trinajstić information content (AvgIpc) is 1.59. The largest absolute Gasteiger partial charge is 1.00 e. The summed E-state index contributed by atoms with van der Waals surface area (Å²) >= 11 is 0. The minimum absolute atomic E-state index is 0. The zero-order valence-corrected chi connectivity index (χ0v) is 6.16. The zero-order chi connectivity index (χ0) is 6.85. The van der Waals surface area contributed by atoms with Gasteiger partial charge in [-0.3, -0.25) is 9.59 Å². The number of hydrogen-bond acceptors (Lipinski definition) is 3. The van der Waals surface area contributed by atoms with E-state index in [4.69, 9.17) is 0 Å². The molecule has 0 saturated carbocycles. The van der Waals surface area contributed by atoms with E-state index in [-0.39, 0.29) is 28.8 Å². The quantitative estimate of drug-likeness (QED) is 0.380. The maximum absolute atomic E-state index is 10.3. The van der Waals surface area contributed by atoms with Crippen molar-refractivity contribution in [1.29, 1.82) is 0 Å². The van der Waals surface area contributed by atoms with E-state index in [0.29, 0.717) is 0 Å². The standard InChI is InChI=1S/C4H4N2O3.Ag/c7-2-1-3(8)6-4(9)5-2;/h1H2,(H2,5,6,7,8,9);/q;+1/p-1. The van der Waals surface area contributed by atoms with E-state index in [1.54, 1.807) is 0 Å². The second-order valence-corrected chi connectivity index (χ2v) is 1.54. The molecule has 58 valence electrons. The summed E-state index contributed by atoms with van der Waals surface area (Å²) in [6.07, 6.45) is -0.314. The maximum Gasteiger partial charge on any atom is 1.00 e. The molecule has 0 spiro atoms. The first-order valence-corrected chi connectivity index (χ1v) is 2.27. The molecule has 0 fully saturated rings. The first kappa shape index (κ1) is 9.35. The van der Waals surface area contributed by atoms with Gasteiger partial charge in [-0.2, -0.15) is 0 Å². The van der Waals surface area contributed by atoms with Gasteiger partial charge >= 0.3 is 22.4 Å². The summed E-state index contributed by atoms with van der Waals surface area (Å²) in [5.41, 5.74) is 0. The van der Waals surface area contributed by atoms with E-state index in [1.807, 2.05) is 5.32 Å². The molecule has 2 amide bonds. The van der Waals surface area contributed by atoms with Crippen molar-refractivity contribution >= 4 is 17.8 Å². The number of amides is 2. The van der Waals surface area contributed by atoms with Gasteiger partial charge in [0.05, 0.1) is 6.02 Å². The molecule has 6 heteroatoms. The van der Waals surface area contributed by atoms with Gasteiger partial charge in [0.2, 0.25) is 5.91 Å². The Labute approximate surface area is 72.0 Å². The van der Waals surface area contributed by atoms with Gasteiger partial charge < -0.3 is 10.4 Å². The van der Waals surface area contributed by atoms with Gasteiger partial charge in [0, 0.05) is 0 Å². The summed E-state index contributed by atoms with van der Waals surface area (Å²) in [7, 11) is 0. The molecular formula is C4H3AgN2O3. The number of carbonyl (C=O) groups is 2. The molecule has 1 heterocycles. The molecule has 0 aromatic rings. The van der Waals surface area contributed by atoms with E-state index in [9.17, 15) is 14.7 Å². The molecular weight excluding hydrogens is 232 g/mol. The fraction of sp³-hybridized carbons (Fsp3) is 0.250. The summed E-state index contributed by atoms with van der Waals surface area (Å²) in [6.45, 7) is 0. The summed E-state index contributed by atoms with van der Waals surface area (Å²) in [6, 6.07) is -0.865. The molecule has 1 aliphatic heterocycles. The summed E-state index contributed by atoms with van der Waals surface area (Å²) in [4.78, 5) is 23.4. The third kappa shape index (κ3) is 2.30. The summed E-state index contributed by atoms with van der Waals surface area (Å²) < 4.78 is 0. The number of amidine groups is 1. The minimum atomic E-state index is -0.865. The molecule has 0 atom stereocenters. The maximum atomic E-state index is 10.3. The van der Waals surface area contributed by atoms with Crippen LogP contribution < -0.4 is 10.4 Å². The molecule has 1 rings (SSSR count). The number of rotatable bonds is 0. The van der Waals surface area contributed by atoms with E-state index < -0.39 is 17.8 Å². The smallest absolute Gasteiger partial charge is 0.846 e. The van der Waals surface area contributed by atoms with Crippen LogP contribution in [0.4, 0.5) is 0 Å². The average molecular weight is 235 g/mol. The van der Waals surface area contributed by atoms with Gasteiger partial charge in [-0.25, -0.2) is 4.99 Å². The number of hydrogen-bond donors (Lipinski definition) is 1. The molecule has 1 aliphatic rings. The van der Waals surface area contributed by atoms with Crippen LogP contribution in [0.15, 0.2) is 4.99 Å². The first-order valence-electron chi connectivity index (χ1n) is 2.27. The van der Waals surface area contributed by atoms with E-state index >= 15 is 0 Å². The molecule has 0 aromatic carbocycles. The van der Waals surface area contributed by atoms with Gasteiger partial charge in [-0.15, -0.1) is 0 Å². The predicted octanol–water partition coefficient (Wildman–Crippen LogP) is -2.25. The molecule has 0 unspecified atom stereocenters. The zero-order valence-electron chi connectivity index (χ0n) is 4.68. The second kappa shape index (κ2) is 3.50. The van der Waals surface area contributed by atoms with Crippen LogP contribution in [-0.4, -0.2) is 17.8 Å². The normalized spacial score (nSPS) is 17.0. The van der Waals surface area contributed by atoms with Crippen LogP contribution in [0.2, 0.25) is 0 Å². The predicted molar refractivity (Wildman–Crippen MR) is 25.2 cm³/mol. The molecule has 10 heavy (non-hydrogen) atoms. The van der Waals surface area contributed by atoms with Crippen LogP contribution in [0.5, 0.6) is 0 Å². The molecule has 0 aromatic heterocycles. The molecule has 0 aliphatic carbocycles. The summed E-state index contributed by atoms with van der Waals surface area (Å²) in [5.74, 6) is -1.26. The van der Waals surface area contributed by atoms with E-state index in [0.717, 1.165) is 0 Å². The Hall–Kier alpha value is -0.650. The Kier molecular flexibility index (Phi) is 3.27. The second-order valence-electron chi connectivity index (χ2n) is 1.54. The van der Waals surface area contributed by atoms with Crippen LogP contribution in [0.1, 0.15) is 6.42 Å². The van der Waals surface area contributed by atoms with Gasteiger partial charge in [0.1, 0.15) is 6.42 Å². The monoisotopic (exact) mass is 234 g/mol. The third-order valence-corrected chi connectivity index (χ3v) is 0.784. The molecule has 5 nitrogen and oxygen atoms in total. The number of carbonyl (C=O) groups excluding carboxylic acids is 2. The van der Waals surface area contributed by atoms with E-state index in [1.165, 1.54) is 0 Å². The topological polar surface area (TPSA) is 81.6 Å². The number of nitrogens with one attached hydrogen (secondary N) is 1. The van der Waals surface area contributed by atoms with Crippen LogP contribution in [0.25, 0.3) is 0 Å². The Morgan fingerprint density at radius 1 is 1.50 bits per heavy atom. The van der Waals surface area contributed by atoms with Crippen LogP contribution in [0, 0.1) is 0 Å². The molecule has 1 N–H and O–H groups in total. The van der Waals surface area contributed by atoms with Crippen molar-refractivity contribution in [2.24, 2.45) is 4.99 Å². The third-order valence-electron chi connectivity index (χ3n) is 0.784. The number of aliphatic imine (C=N–C) groups is 1. The fourth-order valence-electron chi connectivity index (χ4n) is 0.482. The Balaban J connectivity index is 0.000000810. The van der Waals surface area contributed by atoms with Crippen LogP contribution >= 0.6 is 0 Å². The van der Waals surface area contributed by atoms with Gasteiger partial charge in [-0.1, -0.05) is 0 Å². The van der Waals surface area contributed by atoms with Gasteiger partial charge in [0.25, 0.3) is 5.91 Å². The van der Waals surface area contributed by atoms with Crippen molar-refractivity contribution in [1.82, 2.24) is 5.32 Å². The van der Waals surface area contributed by atoms with Crippen molar-refractivity contribution in [2.75, 3.05) is 0 Å². The van der Waals surface area contributed by atoms with Crippen molar-refractivity contribution < 1.29 is 37.1 Å². The Morgan fingerprint density at radius 3 is 2.50 bits per heavy atom. The van der Waals surface area contributed by atoms with Gasteiger partial charge in [-0.05, 0) is 0 Å². The Bertz CT molecular complexity index is 201. The van der Waals surface area contributed by atoms with E-state index in [2.05, 4.69) is 4.99 Å². The molecule has 0 radical (unpaired) electrons. The molecule has 0 saturated heterocycles. The van der Waals surface area contributed by atoms with Gasteiger partial charge in [0.15, 0.2) is 0 Å².